The summed E-state index contributed by atoms with van der Waals surface area (Å²) in [7, 11) is 0. The zero-order valence-electron chi connectivity index (χ0n) is 7.07. The maximum absolute atomic E-state index is 10.4. The molecule has 1 N–H and O–H groups in total. The van der Waals surface area contributed by atoms with E-state index >= 15 is 0 Å². The Morgan fingerprint density at radius 1 is 1.75 bits per heavy atom. The second-order valence-corrected chi connectivity index (χ2v) is 3.02. The third kappa shape index (κ3) is 2.08. The molecule has 0 spiro atoms. The van der Waals surface area contributed by atoms with Crippen molar-refractivity contribution in [3.8, 4) is 0 Å². The number of oxazole rings is 1. The highest BCUT2D eigenvalue weighted by atomic mass is 16.4. The first-order valence-corrected chi connectivity index (χ1v) is 3.77. The van der Waals surface area contributed by atoms with Crippen LogP contribution in [0.1, 0.15) is 30.3 Å². The summed E-state index contributed by atoms with van der Waals surface area (Å²) in [4.78, 5) is 14.2. The van der Waals surface area contributed by atoms with E-state index in [4.69, 9.17) is 9.52 Å². The number of carbonyl (C=O) groups is 1. The highest BCUT2D eigenvalue weighted by Crippen LogP contribution is 2.08. The largest absolute Gasteiger partial charge is 0.475 e. The van der Waals surface area contributed by atoms with Crippen LogP contribution in [0.15, 0.2) is 10.6 Å². The lowest BCUT2D eigenvalue weighted by Gasteiger charge is -1.97. The van der Waals surface area contributed by atoms with E-state index in [1.807, 2.05) is 13.8 Å². The van der Waals surface area contributed by atoms with Gasteiger partial charge in [0, 0.05) is 6.42 Å². The quantitative estimate of drug-likeness (QED) is 0.745. The van der Waals surface area contributed by atoms with Crippen molar-refractivity contribution in [2.24, 2.45) is 5.92 Å². The van der Waals surface area contributed by atoms with Crippen molar-refractivity contribution in [3.63, 3.8) is 0 Å². The molecular formula is C8H11NO3. The monoisotopic (exact) mass is 169 g/mol. The Morgan fingerprint density at radius 3 is 2.83 bits per heavy atom. The molecule has 4 nitrogen and oxygen atoms in total. The van der Waals surface area contributed by atoms with Crippen molar-refractivity contribution < 1.29 is 14.3 Å². The fourth-order valence-corrected chi connectivity index (χ4v) is 0.853. The molecular weight excluding hydrogens is 158 g/mol. The summed E-state index contributed by atoms with van der Waals surface area (Å²) >= 11 is 0. The maximum Gasteiger partial charge on any atom is 0.373 e. The number of rotatable bonds is 3. The van der Waals surface area contributed by atoms with Gasteiger partial charge in [-0.2, -0.15) is 0 Å². The van der Waals surface area contributed by atoms with Gasteiger partial charge in [-0.25, -0.2) is 9.78 Å². The van der Waals surface area contributed by atoms with E-state index in [0.717, 1.165) is 0 Å². The highest BCUT2D eigenvalue weighted by molar-refractivity contribution is 5.83. The molecule has 0 aliphatic carbocycles. The van der Waals surface area contributed by atoms with Gasteiger partial charge >= 0.3 is 5.97 Å². The van der Waals surface area contributed by atoms with Gasteiger partial charge in [0.2, 0.25) is 5.76 Å². The summed E-state index contributed by atoms with van der Waals surface area (Å²) in [6.45, 7) is 4.04. The van der Waals surface area contributed by atoms with E-state index in [1.54, 1.807) is 0 Å². The third-order valence-electron chi connectivity index (χ3n) is 1.35. The van der Waals surface area contributed by atoms with Gasteiger partial charge in [0.05, 0.1) is 6.20 Å². The van der Waals surface area contributed by atoms with Crippen molar-refractivity contribution >= 4 is 5.97 Å². The van der Waals surface area contributed by atoms with Crippen LogP contribution >= 0.6 is 0 Å². The predicted molar refractivity (Wildman–Crippen MR) is 42.0 cm³/mol. The number of carboxylic acids is 1. The number of aromatic nitrogens is 1. The number of hydrogen-bond donors (Lipinski definition) is 1. The minimum Gasteiger partial charge on any atom is -0.475 e. The molecule has 1 aromatic heterocycles. The molecule has 0 atom stereocenters. The van der Waals surface area contributed by atoms with Gasteiger partial charge < -0.3 is 9.52 Å². The zero-order valence-corrected chi connectivity index (χ0v) is 7.07. The Bertz CT molecular complexity index is 278. The first-order chi connectivity index (χ1) is 5.59. The summed E-state index contributed by atoms with van der Waals surface area (Å²) in [5.41, 5.74) is 0. The van der Waals surface area contributed by atoms with Crippen molar-refractivity contribution in [3.05, 3.63) is 17.8 Å². The molecule has 12 heavy (non-hydrogen) atoms. The van der Waals surface area contributed by atoms with Crippen LogP contribution in [0.25, 0.3) is 0 Å². The number of carboxylic acid groups (broad SMARTS) is 1. The molecule has 1 rings (SSSR count). The van der Waals surface area contributed by atoms with Gasteiger partial charge in [-0.15, -0.1) is 0 Å². The molecule has 1 aromatic rings. The maximum atomic E-state index is 10.4. The molecule has 0 aromatic carbocycles. The van der Waals surface area contributed by atoms with Crippen LogP contribution in [-0.2, 0) is 6.42 Å². The average Bonchev–Trinajstić information content (AvgIpc) is 2.34. The van der Waals surface area contributed by atoms with Gasteiger partial charge in [-0.05, 0) is 5.92 Å². The van der Waals surface area contributed by atoms with Crippen LogP contribution in [-0.4, -0.2) is 16.1 Å². The van der Waals surface area contributed by atoms with Crippen LogP contribution in [0.4, 0.5) is 0 Å². The van der Waals surface area contributed by atoms with Crippen LogP contribution < -0.4 is 0 Å². The molecule has 0 saturated heterocycles. The second kappa shape index (κ2) is 3.38. The minimum atomic E-state index is -1.07. The first-order valence-electron chi connectivity index (χ1n) is 3.77. The number of nitrogens with zero attached hydrogens (tertiary/aromatic N) is 1. The highest BCUT2D eigenvalue weighted by Gasteiger charge is 2.10. The minimum absolute atomic E-state index is 0.0920. The Hall–Kier alpha value is -1.32. The summed E-state index contributed by atoms with van der Waals surface area (Å²) < 4.78 is 4.95. The zero-order chi connectivity index (χ0) is 9.14. The van der Waals surface area contributed by atoms with E-state index in [-0.39, 0.29) is 5.76 Å². The average molecular weight is 169 g/mol. The van der Waals surface area contributed by atoms with Crippen LogP contribution in [0.3, 0.4) is 0 Å². The van der Waals surface area contributed by atoms with Crippen LogP contribution in [0.2, 0.25) is 0 Å². The smallest absolute Gasteiger partial charge is 0.373 e. The van der Waals surface area contributed by atoms with E-state index < -0.39 is 5.97 Å². The molecule has 0 bridgehead atoms. The van der Waals surface area contributed by atoms with Crippen LogP contribution in [0.5, 0.6) is 0 Å². The Balaban J connectivity index is 2.71. The van der Waals surface area contributed by atoms with Gasteiger partial charge in [-0.3, -0.25) is 0 Å². The third-order valence-corrected chi connectivity index (χ3v) is 1.35. The van der Waals surface area contributed by atoms with Gasteiger partial charge in [0.15, 0.2) is 5.89 Å². The molecule has 0 unspecified atom stereocenters. The molecule has 66 valence electrons. The van der Waals surface area contributed by atoms with Crippen molar-refractivity contribution in [1.29, 1.82) is 0 Å². The normalized spacial score (nSPS) is 10.6. The van der Waals surface area contributed by atoms with Crippen molar-refractivity contribution in [2.45, 2.75) is 20.3 Å². The van der Waals surface area contributed by atoms with E-state index in [2.05, 4.69) is 4.98 Å². The first kappa shape index (κ1) is 8.77. The molecule has 0 aliphatic heterocycles. The lowest BCUT2D eigenvalue weighted by Crippen LogP contribution is -1.94. The van der Waals surface area contributed by atoms with Crippen molar-refractivity contribution in [2.75, 3.05) is 0 Å². The molecule has 0 saturated carbocycles. The Labute approximate surface area is 70.2 Å². The van der Waals surface area contributed by atoms with Gasteiger partial charge in [0.25, 0.3) is 0 Å². The summed E-state index contributed by atoms with van der Waals surface area (Å²) in [6, 6.07) is 0. The molecule has 0 aliphatic rings. The fraction of sp³-hybridized carbons (Fsp3) is 0.500. The molecule has 1 heterocycles. The standard InChI is InChI=1S/C8H11NO3/c1-5(2)3-7-9-4-6(12-7)8(10)11/h4-5H,3H2,1-2H3,(H,10,11). The molecule has 0 fully saturated rings. The second-order valence-electron chi connectivity index (χ2n) is 3.02. The van der Waals surface area contributed by atoms with Crippen LogP contribution in [0, 0.1) is 5.92 Å². The van der Waals surface area contributed by atoms with Crippen molar-refractivity contribution in [1.82, 2.24) is 4.98 Å². The van der Waals surface area contributed by atoms with Gasteiger partial charge in [0.1, 0.15) is 0 Å². The predicted octanol–water partition coefficient (Wildman–Crippen LogP) is 1.57. The van der Waals surface area contributed by atoms with Gasteiger partial charge in [-0.1, -0.05) is 13.8 Å². The summed E-state index contributed by atoms with van der Waals surface area (Å²) in [5, 5.41) is 8.50. The lowest BCUT2D eigenvalue weighted by molar-refractivity contribution is 0.0660. The topological polar surface area (TPSA) is 63.3 Å². The summed E-state index contributed by atoms with van der Waals surface area (Å²) in [5.74, 6) is -0.254. The Kier molecular flexibility index (Phi) is 2.47. The molecule has 0 amide bonds. The molecule has 0 radical (unpaired) electrons. The number of aromatic carboxylic acids is 1. The SMILES string of the molecule is CC(C)Cc1ncc(C(=O)O)o1. The lowest BCUT2D eigenvalue weighted by atomic mass is 10.1. The van der Waals surface area contributed by atoms with E-state index in [0.29, 0.717) is 18.2 Å². The van der Waals surface area contributed by atoms with E-state index in [1.165, 1.54) is 6.20 Å². The summed E-state index contributed by atoms with van der Waals surface area (Å²) in [6.07, 6.45) is 1.91. The Morgan fingerprint density at radius 2 is 2.42 bits per heavy atom. The fourth-order valence-electron chi connectivity index (χ4n) is 0.853. The number of hydrogen-bond acceptors (Lipinski definition) is 3. The van der Waals surface area contributed by atoms with E-state index in [9.17, 15) is 4.79 Å². The molecule has 4 heteroatoms.